The molecule has 200 valence electrons. The van der Waals surface area contributed by atoms with Gasteiger partial charge >= 0.3 is 6.03 Å². The van der Waals surface area contributed by atoms with Gasteiger partial charge in [0.2, 0.25) is 0 Å². The first-order valence-corrected chi connectivity index (χ1v) is 12.4. The van der Waals surface area contributed by atoms with E-state index >= 15 is 0 Å². The van der Waals surface area contributed by atoms with E-state index in [1.165, 1.54) is 29.2 Å². The van der Waals surface area contributed by atoms with Crippen LogP contribution in [0.25, 0.3) is 0 Å². The van der Waals surface area contributed by atoms with Crippen LogP contribution in [0.15, 0.2) is 48.5 Å². The molecule has 2 fully saturated rings. The topological polar surface area (TPSA) is 101 Å². The molecule has 0 spiro atoms. The Morgan fingerprint density at radius 3 is 2.41 bits per heavy atom. The summed E-state index contributed by atoms with van der Waals surface area (Å²) in [5.74, 6) is 0.614. The highest BCUT2D eigenvalue weighted by atomic mass is 19.1. The van der Waals surface area contributed by atoms with Crippen molar-refractivity contribution in [3.05, 3.63) is 59.9 Å². The van der Waals surface area contributed by atoms with E-state index in [2.05, 4.69) is 10.2 Å². The summed E-state index contributed by atoms with van der Waals surface area (Å²) in [4.78, 5) is 27.5. The fourth-order valence-corrected chi connectivity index (χ4v) is 4.35. The number of β-amino-alcohol motifs (C(OH)–C–C–N with tert-alkyl or cyclic N) is 1. The van der Waals surface area contributed by atoms with Crippen LogP contribution in [0.1, 0.15) is 25.8 Å². The Hall–Kier alpha value is -3.21. The van der Waals surface area contributed by atoms with Gasteiger partial charge in [-0.05, 0) is 62.2 Å². The standard InChI is InChI=1S/C27H34FN3O6/c1-26(2)24(32)31(25(33)29-26)12-3-14-36-22-8-4-20(5-9-22)16-30-13-15-35-18-27(34,17-30)19-37-23-10-6-21(28)7-11-23/h4-11,34H,3,12-19H2,1-2H3,(H,29,33)/t27-/m1/s1. The Morgan fingerprint density at radius 2 is 1.73 bits per heavy atom. The Kier molecular flexibility index (Phi) is 8.31. The molecular weight excluding hydrogens is 481 g/mol. The lowest BCUT2D eigenvalue weighted by Gasteiger charge is -2.30. The highest BCUT2D eigenvalue weighted by Crippen LogP contribution is 2.21. The normalized spacial score (nSPS) is 22.0. The van der Waals surface area contributed by atoms with Crippen molar-refractivity contribution in [2.45, 2.75) is 38.0 Å². The smallest absolute Gasteiger partial charge is 0.325 e. The van der Waals surface area contributed by atoms with Gasteiger partial charge in [-0.2, -0.15) is 0 Å². The second-order valence-electron chi connectivity index (χ2n) is 10.1. The van der Waals surface area contributed by atoms with Gasteiger partial charge in [0.15, 0.2) is 0 Å². The monoisotopic (exact) mass is 515 g/mol. The van der Waals surface area contributed by atoms with Crippen LogP contribution in [0.5, 0.6) is 11.5 Å². The van der Waals surface area contributed by atoms with E-state index in [0.29, 0.717) is 57.3 Å². The highest BCUT2D eigenvalue weighted by molar-refractivity contribution is 6.06. The molecule has 2 aromatic rings. The molecule has 2 aliphatic heterocycles. The first-order chi connectivity index (χ1) is 17.6. The van der Waals surface area contributed by atoms with Crippen LogP contribution in [-0.4, -0.2) is 84.0 Å². The first kappa shape index (κ1) is 26.8. The van der Waals surface area contributed by atoms with Crippen LogP contribution in [0.4, 0.5) is 9.18 Å². The summed E-state index contributed by atoms with van der Waals surface area (Å²) in [6, 6.07) is 13.0. The molecule has 2 heterocycles. The number of carbonyl (C=O) groups is 2. The fourth-order valence-electron chi connectivity index (χ4n) is 4.35. The van der Waals surface area contributed by atoms with Gasteiger partial charge in [0.25, 0.3) is 5.91 Å². The average Bonchev–Trinajstić information content (AvgIpc) is 2.97. The summed E-state index contributed by atoms with van der Waals surface area (Å²) >= 11 is 0. The van der Waals surface area contributed by atoms with Crippen molar-refractivity contribution in [1.82, 2.24) is 15.1 Å². The van der Waals surface area contributed by atoms with Gasteiger partial charge in [-0.3, -0.25) is 14.6 Å². The zero-order valence-electron chi connectivity index (χ0n) is 21.2. The molecular formula is C27H34FN3O6. The summed E-state index contributed by atoms with van der Waals surface area (Å²) in [6.45, 7) is 6.38. The number of carbonyl (C=O) groups excluding carboxylic acids is 2. The van der Waals surface area contributed by atoms with Gasteiger partial charge in [0, 0.05) is 26.2 Å². The number of ether oxygens (including phenoxy) is 3. The molecule has 0 unspecified atom stereocenters. The molecule has 37 heavy (non-hydrogen) atoms. The SMILES string of the molecule is CC1(C)NC(=O)N(CCCOc2ccc(CN3CCOC[C@@](O)(COc4ccc(F)cc4)C3)cc2)C1=O. The van der Waals surface area contributed by atoms with Gasteiger partial charge < -0.3 is 24.6 Å². The van der Waals surface area contributed by atoms with Crippen molar-refractivity contribution in [2.24, 2.45) is 0 Å². The van der Waals surface area contributed by atoms with Crippen molar-refractivity contribution in [1.29, 1.82) is 0 Å². The number of amides is 3. The maximum absolute atomic E-state index is 13.1. The van der Waals surface area contributed by atoms with Crippen molar-refractivity contribution in [2.75, 3.05) is 46.1 Å². The molecule has 1 atom stereocenters. The minimum Gasteiger partial charge on any atom is -0.494 e. The lowest BCUT2D eigenvalue weighted by molar-refractivity contribution is -0.130. The summed E-state index contributed by atoms with van der Waals surface area (Å²) in [5, 5.41) is 13.8. The highest BCUT2D eigenvalue weighted by Gasteiger charge is 2.43. The van der Waals surface area contributed by atoms with Crippen molar-refractivity contribution < 1.29 is 33.3 Å². The van der Waals surface area contributed by atoms with Crippen LogP contribution in [-0.2, 0) is 16.1 Å². The summed E-state index contributed by atoms with van der Waals surface area (Å²) in [5.41, 5.74) is -1.01. The zero-order valence-corrected chi connectivity index (χ0v) is 21.2. The Balaban J connectivity index is 1.23. The van der Waals surface area contributed by atoms with Gasteiger partial charge in [-0.15, -0.1) is 0 Å². The summed E-state index contributed by atoms with van der Waals surface area (Å²) in [6.07, 6.45) is 0.531. The Morgan fingerprint density at radius 1 is 1.05 bits per heavy atom. The molecule has 0 saturated carbocycles. The number of urea groups is 1. The number of hydrogen-bond acceptors (Lipinski definition) is 7. The average molecular weight is 516 g/mol. The minimum atomic E-state index is -1.20. The molecule has 2 aromatic carbocycles. The Labute approximate surface area is 216 Å². The van der Waals surface area contributed by atoms with Crippen molar-refractivity contribution in [3.63, 3.8) is 0 Å². The van der Waals surface area contributed by atoms with Crippen LogP contribution >= 0.6 is 0 Å². The van der Waals surface area contributed by atoms with E-state index in [1.807, 2.05) is 24.3 Å². The van der Waals surface area contributed by atoms with E-state index in [4.69, 9.17) is 14.2 Å². The third-order valence-corrected chi connectivity index (χ3v) is 6.33. The zero-order chi connectivity index (χ0) is 26.5. The van der Waals surface area contributed by atoms with Crippen LogP contribution in [0.2, 0.25) is 0 Å². The summed E-state index contributed by atoms with van der Waals surface area (Å²) in [7, 11) is 0. The number of benzene rings is 2. The van der Waals surface area contributed by atoms with Gasteiger partial charge in [-0.25, -0.2) is 9.18 Å². The number of nitrogens with zero attached hydrogens (tertiary/aromatic N) is 2. The maximum atomic E-state index is 13.1. The molecule has 0 radical (unpaired) electrons. The molecule has 2 aliphatic rings. The first-order valence-electron chi connectivity index (χ1n) is 12.4. The molecule has 0 bridgehead atoms. The number of halogens is 1. The molecule has 9 nitrogen and oxygen atoms in total. The number of imide groups is 1. The second kappa shape index (κ2) is 11.5. The number of hydrogen-bond donors (Lipinski definition) is 2. The molecule has 0 aliphatic carbocycles. The third kappa shape index (κ3) is 7.18. The van der Waals surface area contributed by atoms with Crippen LogP contribution in [0.3, 0.4) is 0 Å². The van der Waals surface area contributed by atoms with Gasteiger partial charge in [0.1, 0.15) is 35.1 Å². The van der Waals surface area contributed by atoms with Crippen LogP contribution < -0.4 is 14.8 Å². The second-order valence-corrected chi connectivity index (χ2v) is 10.1. The minimum absolute atomic E-state index is 0.0318. The van der Waals surface area contributed by atoms with Crippen LogP contribution in [0, 0.1) is 5.82 Å². The van der Waals surface area contributed by atoms with E-state index in [-0.39, 0.29) is 31.0 Å². The molecule has 4 rings (SSSR count). The Bertz CT molecular complexity index is 1080. The largest absolute Gasteiger partial charge is 0.494 e. The molecule has 0 aromatic heterocycles. The van der Waals surface area contributed by atoms with E-state index < -0.39 is 11.1 Å². The predicted molar refractivity (Wildman–Crippen MR) is 134 cm³/mol. The molecule has 3 amide bonds. The maximum Gasteiger partial charge on any atom is 0.325 e. The molecule has 10 heteroatoms. The van der Waals surface area contributed by atoms with Gasteiger partial charge in [-0.1, -0.05) is 12.1 Å². The van der Waals surface area contributed by atoms with Crippen molar-refractivity contribution >= 4 is 11.9 Å². The quantitative estimate of drug-likeness (QED) is 0.371. The molecule has 2 saturated heterocycles. The predicted octanol–water partition coefficient (Wildman–Crippen LogP) is 2.57. The van der Waals surface area contributed by atoms with Crippen molar-refractivity contribution in [3.8, 4) is 11.5 Å². The third-order valence-electron chi connectivity index (χ3n) is 6.33. The van der Waals surface area contributed by atoms with Gasteiger partial charge in [0.05, 0.1) is 19.8 Å². The number of rotatable bonds is 10. The lowest BCUT2D eigenvalue weighted by atomic mass is 10.1. The van der Waals surface area contributed by atoms with E-state index in [0.717, 1.165) is 5.56 Å². The fraction of sp³-hybridized carbons (Fsp3) is 0.481. The lowest BCUT2D eigenvalue weighted by Crippen LogP contribution is -2.48. The number of aliphatic hydroxyl groups is 1. The molecule has 2 N–H and O–H groups in total. The van der Waals surface area contributed by atoms with E-state index in [9.17, 15) is 19.1 Å². The number of nitrogens with one attached hydrogen (secondary N) is 1. The summed E-state index contributed by atoms with van der Waals surface area (Å²) < 4.78 is 30.2. The van der Waals surface area contributed by atoms with E-state index in [1.54, 1.807) is 13.8 Å².